The maximum absolute atomic E-state index is 11.5. The number of benzene rings is 1. The Morgan fingerprint density at radius 3 is 2.83 bits per heavy atom. The standard InChI is InChI=1S/C13H18N2O3/c1-2-15-12(16)6-7-18-13(17)9-10-4-3-5-11(14)8-10/h3-5,8H,2,6-7,9,14H2,1H3,(H,15,16). The number of ether oxygens (including phenoxy) is 1. The maximum Gasteiger partial charge on any atom is 0.310 e. The Balaban J connectivity index is 2.28. The zero-order chi connectivity index (χ0) is 13.4. The minimum Gasteiger partial charge on any atom is -0.465 e. The molecule has 3 N–H and O–H groups in total. The van der Waals surface area contributed by atoms with Crippen molar-refractivity contribution in [3.8, 4) is 0 Å². The molecule has 0 saturated heterocycles. The average molecular weight is 250 g/mol. The van der Waals surface area contributed by atoms with E-state index in [9.17, 15) is 9.59 Å². The Bertz CT molecular complexity index is 418. The molecule has 0 heterocycles. The fourth-order valence-corrected chi connectivity index (χ4v) is 1.46. The molecule has 0 aromatic heterocycles. The molecule has 0 fully saturated rings. The summed E-state index contributed by atoms with van der Waals surface area (Å²) in [4.78, 5) is 22.6. The molecule has 1 aromatic carbocycles. The molecule has 0 aliphatic rings. The van der Waals surface area contributed by atoms with Crippen LogP contribution in [-0.2, 0) is 20.7 Å². The number of hydrogen-bond acceptors (Lipinski definition) is 4. The van der Waals surface area contributed by atoms with Crippen molar-refractivity contribution >= 4 is 17.6 Å². The van der Waals surface area contributed by atoms with Crippen molar-refractivity contribution in [3.63, 3.8) is 0 Å². The molecule has 1 rings (SSSR count). The second kappa shape index (κ2) is 7.32. The van der Waals surface area contributed by atoms with Crippen molar-refractivity contribution in [1.82, 2.24) is 5.32 Å². The van der Waals surface area contributed by atoms with Crippen molar-refractivity contribution in [2.75, 3.05) is 18.9 Å². The highest BCUT2D eigenvalue weighted by molar-refractivity contribution is 5.77. The third-order valence-corrected chi connectivity index (χ3v) is 2.27. The zero-order valence-electron chi connectivity index (χ0n) is 10.4. The number of carbonyl (C=O) groups excluding carboxylic acids is 2. The summed E-state index contributed by atoms with van der Waals surface area (Å²) in [5.74, 6) is -0.473. The van der Waals surface area contributed by atoms with Crippen LogP contribution in [0.5, 0.6) is 0 Å². The highest BCUT2D eigenvalue weighted by Crippen LogP contribution is 2.07. The van der Waals surface area contributed by atoms with Gasteiger partial charge in [-0.1, -0.05) is 12.1 Å². The molecular weight excluding hydrogens is 232 g/mol. The molecule has 98 valence electrons. The molecule has 0 spiro atoms. The quantitative estimate of drug-likeness (QED) is 0.580. The van der Waals surface area contributed by atoms with Crippen LogP contribution < -0.4 is 11.1 Å². The Morgan fingerprint density at radius 1 is 1.39 bits per heavy atom. The van der Waals surface area contributed by atoms with Crippen LogP contribution in [0.1, 0.15) is 18.9 Å². The van der Waals surface area contributed by atoms with Gasteiger partial charge in [0.15, 0.2) is 0 Å². The number of rotatable bonds is 6. The lowest BCUT2D eigenvalue weighted by molar-refractivity contribution is -0.143. The molecule has 0 unspecified atom stereocenters. The van der Waals surface area contributed by atoms with Gasteiger partial charge in [-0.25, -0.2) is 0 Å². The predicted molar refractivity (Wildman–Crippen MR) is 68.8 cm³/mol. The highest BCUT2D eigenvalue weighted by atomic mass is 16.5. The lowest BCUT2D eigenvalue weighted by Gasteiger charge is -2.05. The third-order valence-electron chi connectivity index (χ3n) is 2.27. The van der Waals surface area contributed by atoms with Crippen LogP contribution in [0.15, 0.2) is 24.3 Å². The van der Waals surface area contributed by atoms with Gasteiger partial charge in [0.1, 0.15) is 6.61 Å². The van der Waals surface area contributed by atoms with Gasteiger partial charge in [-0.05, 0) is 24.6 Å². The van der Waals surface area contributed by atoms with Gasteiger partial charge >= 0.3 is 5.97 Å². The van der Waals surface area contributed by atoms with E-state index >= 15 is 0 Å². The predicted octanol–water partition coefficient (Wildman–Crippen LogP) is 0.881. The summed E-state index contributed by atoms with van der Waals surface area (Å²) in [6.45, 7) is 2.52. The minimum absolute atomic E-state index is 0.104. The number of carbonyl (C=O) groups is 2. The molecule has 0 bridgehead atoms. The lowest BCUT2D eigenvalue weighted by Crippen LogP contribution is -2.24. The molecule has 0 aliphatic heterocycles. The normalized spacial score (nSPS) is 9.83. The molecule has 5 heteroatoms. The van der Waals surface area contributed by atoms with Crippen LogP contribution in [0.3, 0.4) is 0 Å². The molecule has 0 saturated carbocycles. The summed E-state index contributed by atoms with van der Waals surface area (Å²) in [6.07, 6.45) is 0.358. The summed E-state index contributed by atoms with van der Waals surface area (Å²) in [6, 6.07) is 7.07. The number of amides is 1. The Labute approximate surface area is 106 Å². The molecule has 18 heavy (non-hydrogen) atoms. The first-order chi connectivity index (χ1) is 8.61. The number of nitrogens with two attached hydrogens (primary N) is 1. The first-order valence-electron chi connectivity index (χ1n) is 5.88. The van der Waals surface area contributed by atoms with Crippen molar-refractivity contribution in [2.45, 2.75) is 19.8 Å². The highest BCUT2D eigenvalue weighted by Gasteiger charge is 2.06. The number of hydrogen-bond donors (Lipinski definition) is 2. The Kier molecular flexibility index (Phi) is 5.70. The van der Waals surface area contributed by atoms with Gasteiger partial charge < -0.3 is 15.8 Å². The van der Waals surface area contributed by atoms with E-state index in [-0.39, 0.29) is 31.3 Å². The van der Waals surface area contributed by atoms with E-state index in [0.29, 0.717) is 12.2 Å². The van der Waals surface area contributed by atoms with Crippen molar-refractivity contribution in [3.05, 3.63) is 29.8 Å². The van der Waals surface area contributed by atoms with Gasteiger partial charge in [0.05, 0.1) is 12.8 Å². The molecular formula is C13H18N2O3. The molecule has 0 atom stereocenters. The summed E-state index contributed by atoms with van der Waals surface area (Å²) in [7, 11) is 0. The van der Waals surface area contributed by atoms with E-state index in [0.717, 1.165) is 5.56 Å². The van der Waals surface area contributed by atoms with Gasteiger partial charge in [-0.2, -0.15) is 0 Å². The first kappa shape index (κ1) is 14.0. The van der Waals surface area contributed by atoms with E-state index in [4.69, 9.17) is 10.5 Å². The van der Waals surface area contributed by atoms with E-state index in [2.05, 4.69) is 5.32 Å². The lowest BCUT2D eigenvalue weighted by atomic mass is 10.1. The van der Waals surface area contributed by atoms with Crippen molar-refractivity contribution in [1.29, 1.82) is 0 Å². The van der Waals surface area contributed by atoms with Crippen LogP contribution in [0.4, 0.5) is 5.69 Å². The topological polar surface area (TPSA) is 81.4 Å². The smallest absolute Gasteiger partial charge is 0.310 e. The second-order valence-electron chi connectivity index (χ2n) is 3.85. The van der Waals surface area contributed by atoms with E-state index in [1.54, 1.807) is 24.3 Å². The maximum atomic E-state index is 11.5. The number of nitrogen functional groups attached to an aromatic ring is 1. The van der Waals surface area contributed by atoms with E-state index < -0.39 is 0 Å². The Hall–Kier alpha value is -2.04. The van der Waals surface area contributed by atoms with Crippen LogP contribution in [0.2, 0.25) is 0 Å². The third kappa shape index (κ3) is 5.34. The van der Waals surface area contributed by atoms with Gasteiger partial charge in [0.25, 0.3) is 0 Å². The molecule has 5 nitrogen and oxygen atoms in total. The fourth-order valence-electron chi connectivity index (χ4n) is 1.46. The molecule has 0 aliphatic carbocycles. The van der Waals surface area contributed by atoms with E-state index in [1.807, 2.05) is 6.92 Å². The number of anilines is 1. The number of nitrogens with one attached hydrogen (secondary N) is 1. The number of esters is 1. The van der Waals surface area contributed by atoms with Crippen LogP contribution in [0, 0.1) is 0 Å². The van der Waals surface area contributed by atoms with Crippen molar-refractivity contribution < 1.29 is 14.3 Å². The molecule has 1 amide bonds. The molecule has 1 aromatic rings. The average Bonchev–Trinajstić information content (AvgIpc) is 2.29. The summed E-state index contributed by atoms with van der Waals surface area (Å²) in [5, 5.41) is 2.63. The minimum atomic E-state index is -0.357. The molecule has 0 radical (unpaired) electrons. The van der Waals surface area contributed by atoms with Crippen LogP contribution in [-0.4, -0.2) is 25.0 Å². The van der Waals surface area contributed by atoms with E-state index in [1.165, 1.54) is 0 Å². The van der Waals surface area contributed by atoms with Crippen LogP contribution in [0.25, 0.3) is 0 Å². The summed E-state index contributed by atoms with van der Waals surface area (Å²) in [5.41, 5.74) is 7.02. The zero-order valence-corrected chi connectivity index (χ0v) is 10.4. The van der Waals surface area contributed by atoms with Gasteiger partial charge in [-0.15, -0.1) is 0 Å². The Morgan fingerprint density at radius 2 is 2.17 bits per heavy atom. The first-order valence-corrected chi connectivity index (χ1v) is 5.88. The fraction of sp³-hybridized carbons (Fsp3) is 0.385. The largest absolute Gasteiger partial charge is 0.465 e. The second-order valence-corrected chi connectivity index (χ2v) is 3.85. The SMILES string of the molecule is CCNC(=O)CCOC(=O)Cc1cccc(N)c1. The van der Waals surface area contributed by atoms with Gasteiger partial charge in [-0.3, -0.25) is 9.59 Å². The van der Waals surface area contributed by atoms with Crippen LogP contribution >= 0.6 is 0 Å². The van der Waals surface area contributed by atoms with Gasteiger partial charge in [0.2, 0.25) is 5.91 Å². The monoisotopic (exact) mass is 250 g/mol. The summed E-state index contributed by atoms with van der Waals surface area (Å²) < 4.78 is 4.96. The summed E-state index contributed by atoms with van der Waals surface area (Å²) >= 11 is 0. The van der Waals surface area contributed by atoms with Crippen molar-refractivity contribution in [2.24, 2.45) is 0 Å². The van der Waals surface area contributed by atoms with Gasteiger partial charge in [0, 0.05) is 12.2 Å².